The zero-order chi connectivity index (χ0) is 46.9. The molecule has 2 atom stereocenters. The predicted octanol–water partition coefficient (Wildman–Crippen LogP) is 14.8. The van der Waals surface area contributed by atoms with Crippen molar-refractivity contribution in [2.24, 2.45) is 0 Å². The molecule has 8 aromatic rings. The lowest BCUT2D eigenvalue weighted by atomic mass is 9.71. The Morgan fingerprint density at radius 3 is 1.34 bits per heavy atom. The lowest BCUT2D eigenvalue weighted by molar-refractivity contribution is 0.894. The van der Waals surface area contributed by atoms with Gasteiger partial charge in [-0.2, -0.15) is 0 Å². The molecule has 0 radical (unpaired) electrons. The second kappa shape index (κ2) is 15.6. The van der Waals surface area contributed by atoms with Crippen molar-refractivity contribution in [2.75, 3.05) is 0 Å². The zero-order valence-corrected chi connectivity index (χ0v) is 42.4. The van der Waals surface area contributed by atoms with Crippen molar-refractivity contribution in [1.29, 1.82) is 0 Å². The summed E-state index contributed by atoms with van der Waals surface area (Å²) in [7, 11) is -4.24. The standard InChI is InChI=1S/C68H54Si2/c1-69(2,61-40-31-50-22-20-44-14-10-16-46-28-38-58(61)67(50)63(44)46)53-33-24-48(25-34-53)65-55-18-8-9-19-56(55)66(60-42-52(30-37-57(60)65)43-12-6-5-7-13-43)49-26-35-54(36-27-49)70(3,4)62-41-32-51-23-21-45-15-11-17-47-29-39-59(62)68(51)64(45)47/h5-21,24-42,63-64H,22-23H2,1-4H3. The van der Waals surface area contributed by atoms with Gasteiger partial charge in [-0.1, -0.05) is 249 Å². The van der Waals surface area contributed by atoms with E-state index >= 15 is 0 Å². The minimum atomic E-state index is -2.12. The maximum absolute atomic E-state index is 2.55. The Bertz CT molecular complexity index is 3840. The van der Waals surface area contributed by atoms with Gasteiger partial charge in [-0.15, -0.1) is 0 Å². The van der Waals surface area contributed by atoms with Crippen molar-refractivity contribution in [1.82, 2.24) is 0 Å². The van der Waals surface area contributed by atoms with Crippen molar-refractivity contribution < 1.29 is 0 Å². The average molecular weight is 927 g/mol. The summed E-state index contributed by atoms with van der Waals surface area (Å²) in [6.45, 7) is 10.2. The summed E-state index contributed by atoms with van der Waals surface area (Å²) in [5, 5.41) is 11.1. The van der Waals surface area contributed by atoms with Gasteiger partial charge in [-0.3, -0.25) is 0 Å². The molecule has 0 heterocycles. The van der Waals surface area contributed by atoms with Crippen LogP contribution in [0.4, 0.5) is 0 Å². The molecule has 0 fully saturated rings. The molecular formula is C68H54Si2. The van der Waals surface area contributed by atoms with E-state index in [4.69, 9.17) is 0 Å². The van der Waals surface area contributed by atoms with Gasteiger partial charge < -0.3 is 0 Å². The molecule has 8 aromatic carbocycles. The van der Waals surface area contributed by atoms with E-state index in [2.05, 4.69) is 245 Å². The molecule has 0 saturated carbocycles. The first-order valence-corrected chi connectivity index (χ1v) is 31.3. The van der Waals surface area contributed by atoms with Crippen LogP contribution >= 0.6 is 0 Å². The molecule has 14 rings (SSSR count). The highest BCUT2D eigenvalue weighted by Crippen LogP contribution is 2.48. The quantitative estimate of drug-likeness (QED) is 0.110. The van der Waals surface area contributed by atoms with E-state index in [0.29, 0.717) is 11.8 Å². The van der Waals surface area contributed by atoms with E-state index < -0.39 is 16.1 Å². The topological polar surface area (TPSA) is 0 Å². The molecule has 6 aliphatic rings. The van der Waals surface area contributed by atoms with E-state index in [9.17, 15) is 0 Å². The van der Waals surface area contributed by atoms with Crippen LogP contribution in [0.15, 0.2) is 229 Å². The zero-order valence-electron chi connectivity index (χ0n) is 40.4. The summed E-state index contributed by atoms with van der Waals surface area (Å²) in [5.74, 6) is 0.733. The van der Waals surface area contributed by atoms with Crippen LogP contribution in [0.1, 0.15) is 45.2 Å². The Hall–Kier alpha value is -7.37. The van der Waals surface area contributed by atoms with Crippen LogP contribution < -0.4 is 20.7 Å². The SMILES string of the molecule is C[Si](C)(c1ccc(-c2c3ccccc3c(-c3ccc([Si](C)(C)c4ccc5c6c4C=CC4=CC=CC(=CC5)C46)cc3)c3cc(-c4ccccc4)ccc23)cc1)c1ccc2c3c1C=CC1=CC=CC(=CC2)C13. The molecule has 70 heavy (non-hydrogen) atoms. The summed E-state index contributed by atoms with van der Waals surface area (Å²) in [6.07, 6.45) is 30.2. The number of benzene rings is 8. The van der Waals surface area contributed by atoms with Gasteiger partial charge in [0.15, 0.2) is 0 Å². The summed E-state index contributed by atoms with van der Waals surface area (Å²) >= 11 is 0. The first-order chi connectivity index (χ1) is 34.2. The van der Waals surface area contributed by atoms with Gasteiger partial charge >= 0.3 is 0 Å². The van der Waals surface area contributed by atoms with Crippen molar-refractivity contribution in [2.45, 2.75) is 50.9 Å². The summed E-state index contributed by atoms with van der Waals surface area (Å²) in [4.78, 5) is 0. The van der Waals surface area contributed by atoms with Crippen LogP contribution in [0, 0.1) is 0 Å². The second-order valence-electron chi connectivity index (χ2n) is 21.4. The number of hydrogen-bond donors (Lipinski definition) is 0. The Morgan fingerprint density at radius 1 is 0.371 bits per heavy atom. The van der Waals surface area contributed by atoms with Gasteiger partial charge in [0.1, 0.15) is 16.1 Å². The van der Waals surface area contributed by atoms with E-state index in [1.54, 1.807) is 11.1 Å². The summed E-state index contributed by atoms with van der Waals surface area (Å²) in [5.41, 5.74) is 22.4. The molecule has 0 N–H and O–H groups in total. The molecule has 0 bridgehead atoms. The molecule has 0 spiro atoms. The summed E-state index contributed by atoms with van der Waals surface area (Å²) < 4.78 is 0. The van der Waals surface area contributed by atoms with Crippen LogP contribution in [-0.4, -0.2) is 16.1 Å². The molecule has 2 heteroatoms. The molecule has 0 nitrogen and oxygen atoms in total. The Kier molecular flexibility index (Phi) is 9.25. The van der Waals surface area contributed by atoms with Gasteiger partial charge in [0.25, 0.3) is 0 Å². The first kappa shape index (κ1) is 41.6. The molecule has 6 aliphatic carbocycles. The highest BCUT2D eigenvalue weighted by Gasteiger charge is 2.38. The van der Waals surface area contributed by atoms with Crippen LogP contribution in [0.25, 0.3) is 67.1 Å². The van der Waals surface area contributed by atoms with Crippen molar-refractivity contribution in [3.05, 3.63) is 262 Å². The Balaban J connectivity index is 0.880. The van der Waals surface area contributed by atoms with Crippen LogP contribution in [0.5, 0.6) is 0 Å². The fourth-order valence-electron chi connectivity index (χ4n) is 13.3. The minimum absolute atomic E-state index is 0.366. The van der Waals surface area contributed by atoms with Crippen LogP contribution in [0.3, 0.4) is 0 Å². The van der Waals surface area contributed by atoms with Gasteiger partial charge in [0, 0.05) is 11.8 Å². The van der Waals surface area contributed by atoms with E-state index in [0.717, 1.165) is 12.8 Å². The molecule has 0 aliphatic heterocycles. The molecule has 0 amide bonds. The average Bonchev–Trinajstić information content (AvgIpc) is 3.41. The lowest BCUT2D eigenvalue weighted by Crippen LogP contribution is -2.54. The molecule has 0 aromatic heterocycles. The Morgan fingerprint density at radius 2 is 0.829 bits per heavy atom. The van der Waals surface area contributed by atoms with Crippen LogP contribution in [0.2, 0.25) is 26.2 Å². The monoisotopic (exact) mass is 926 g/mol. The first-order valence-electron chi connectivity index (χ1n) is 25.3. The van der Waals surface area contributed by atoms with E-state index in [1.807, 2.05) is 0 Å². The molecule has 2 unspecified atom stereocenters. The van der Waals surface area contributed by atoms with Crippen molar-refractivity contribution >= 4 is 70.6 Å². The molecule has 0 saturated heterocycles. The highest BCUT2D eigenvalue weighted by atomic mass is 28.3. The smallest absolute Gasteiger partial charge is 0.0759 e. The fraction of sp³-hybridized carbons (Fsp3) is 0.118. The number of allylic oxidation sites excluding steroid dienone is 14. The third-order valence-corrected chi connectivity index (χ3v) is 24.2. The number of hydrogen-bond acceptors (Lipinski definition) is 0. The number of rotatable bonds is 7. The second-order valence-corrected chi connectivity index (χ2v) is 30.2. The number of fused-ring (bicyclic) bond motifs is 2. The maximum atomic E-state index is 2.55. The van der Waals surface area contributed by atoms with Gasteiger partial charge in [-0.25, -0.2) is 0 Å². The Labute approximate surface area is 414 Å². The largest absolute Gasteiger partial charge is 0.113 e. The maximum Gasteiger partial charge on any atom is 0.113 e. The van der Waals surface area contributed by atoms with Crippen molar-refractivity contribution in [3.63, 3.8) is 0 Å². The normalized spacial score (nSPS) is 18.0. The predicted molar refractivity (Wildman–Crippen MR) is 306 cm³/mol. The van der Waals surface area contributed by atoms with Gasteiger partial charge in [-0.05, 0) is 140 Å². The van der Waals surface area contributed by atoms with Gasteiger partial charge in [0.2, 0.25) is 0 Å². The summed E-state index contributed by atoms with van der Waals surface area (Å²) in [6, 6.07) is 56.6. The third kappa shape index (κ3) is 6.19. The molecule has 334 valence electrons. The third-order valence-electron chi connectivity index (χ3n) is 17.1. The van der Waals surface area contributed by atoms with Crippen molar-refractivity contribution in [3.8, 4) is 33.4 Å². The van der Waals surface area contributed by atoms with E-state index in [1.165, 1.54) is 120 Å². The highest BCUT2D eigenvalue weighted by molar-refractivity contribution is 7.01. The minimum Gasteiger partial charge on any atom is -0.0759 e. The molecular weight excluding hydrogens is 873 g/mol. The van der Waals surface area contributed by atoms with Gasteiger partial charge in [0.05, 0.1) is 0 Å². The van der Waals surface area contributed by atoms with Crippen LogP contribution in [-0.2, 0) is 12.8 Å². The fourth-order valence-corrected chi connectivity index (χ4v) is 18.8. The lowest BCUT2D eigenvalue weighted by Gasteiger charge is -2.36. The van der Waals surface area contributed by atoms with E-state index in [-0.39, 0.29) is 0 Å².